The molecule has 1 atom stereocenters. The quantitative estimate of drug-likeness (QED) is 0.581. The number of carbonyl (C=O) groups is 1. The summed E-state index contributed by atoms with van der Waals surface area (Å²) in [7, 11) is 0. The van der Waals surface area contributed by atoms with E-state index in [4.69, 9.17) is 5.73 Å². The van der Waals surface area contributed by atoms with E-state index in [1.165, 1.54) is 11.1 Å². The van der Waals surface area contributed by atoms with Gasteiger partial charge in [-0.25, -0.2) is 4.98 Å². The molecule has 1 amide bonds. The van der Waals surface area contributed by atoms with Gasteiger partial charge in [0.25, 0.3) is 0 Å². The van der Waals surface area contributed by atoms with Crippen LogP contribution in [0.25, 0.3) is 0 Å². The highest BCUT2D eigenvalue weighted by Gasteiger charge is 2.15. The molecule has 0 radical (unpaired) electrons. The van der Waals surface area contributed by atoms with Crippen LogP contribution >= 0.6 is 36.2 Å². The van der Waals surface area contributed by atoms with Crippen LogP contribution in [0.15, 0.2) is 59.7 Å². The Morgan fingerprint density at radius 2 is 1.96 bits per heavy atom. The zero-order valence-electron chi connectivity index (χ0n) is 14.8. The molecule has 0 aliphatic carbocycles. The second kappa shape index (κ2) is 11.8. The van der Waals surface area contributed by atoms with Crippen molar-refractivity contribution in [3.05, 3.63) is 76.5 Å². The van der Waals surface area contributed by atoms with Crippen molar-refractivity contribution in [1.29, 1.82) is 0 Å². The number of nitrogens with zero attached hydrogens (tertiary/aromatic N) is 2. The summed E-state index contributed by atoms with van der Waals surface area (Å²) in [5.41, 5.74) is 9.29. The summed E-state index contributed by atoms with van der Waals surface area (Å²) in [5.74, 6) is -0.132. The van der Waals surface area contributed by atoms with Gasteiger partial charge in [0.1, 0.15) is 0 Å². The molecule has 0 saturated carbocycles. The van der Waals surface area contributed by atoms with Crippen LogP contribution in [-0.2, 0) is 24.2 Å². The van der Waals surface area contributed by atoms with Crippen LogP contribution < -0.4 is 11.1 Å². The number of hydrogen-bond acceptors (Lipinski definition) is 4. The van der Waals surface area contributed by atoms with Crippen molar-refractivity contribution in [2.45, 2.75) is 25.4 Å². The molecule has 2 heterocycles. The van der Waals surface area contributed by atoms with Crippen LogP contribution in [0.1, 0.15) is 16.8 Å². The minimum Gasteiger partial charge on any atom is -0.354 e. The first kappa shape index (κ1) is 23.2. The molecule has 0 unspecified atom stereocenters. The second-order valence-electron chi connectivity index (χ2n) is 6.01. The van der Waals surface area contributed by atoms with Crippen LogP contribution in [0.4, 0.5) is 0 Å². The monoisotopic (exact) mass is 426 g/mol. The van der Waals surface area contributed by atoms with E-state index in [2.05, 4.69) is 33.9 Å². The molecular weight excluding hydrogens is 403 g/mol. The van der Waals surface area contributed by atoms with Gasteiger partial charge in [0, 0.05) is 25.7 Å². The minimum absolute atomic E-state index is 0. The Morgan fingerprint density at radius 1 is 1.19 bits per heavy atom. The Bertz CT molecular complexity index is 793. The molecule has 2 aromatic heterocycles. The van der Waals surface area contributed by atoms with Crippen molar-refractivity contribution in [1.82, 2.24) is 14.9 Å². The largest absolute Gasteiger partial charge is 0.354 e. The number of nitrogens with one attached hydrogen (secondary N) is 1. The third-order valence-electron chi connectivity index (χ3n) is 3.95. The number of thiophene rings is 1. The van der Waals surface area contributed by atoms with Crippen molar-refractivity contribution < 1.29 is 4.79 Å². The highest BCUT2D eigenvalue weighted by molar-refractivity contribution is 7.07. The predicted molar refractivity (Wildman–Crippen MR) is 115 cm³/mol. The molecule has 0 spiro atoms. The molecule has 1 aromatic carbocycles. The predicted octanol–water partition coefficient (Wildman–Crippen LogP) is 3.07. The first-order valence-corrected chi connectivity index (χ1v) is 9.24. The highest BCUT2D eigenvalue weighted by Crippen LogP contribution is 2.07. The molecule has 0 fully saturated rings. The van der Waals surface area contributed by atoms with Crippen molar-refractivity contribution >= 4 is 42.1 Å². The number of nitrogens with two attached hydrogens (primary N) is 1. The Kier molecular flexibility index (Phi) is 10.1. The average Bonchev–Trinajstić information content (AvgIpc) is 3.28. The molecule has 0 saturated heterocycles. The third-order valence-corrected chi connectivity index (χ3v) is 4.69. The van der Waals surface area contributed by atoms with Crippen molar-refractivity contribution in [2.75, 3.05) is 6.54 Å². The van der Waals surface area contributed by atoms with Crippen molar-refractivity contribution in [3.8, 4) is 0 Å². The number of aromatic nitrogens is 2. The van der Waals surface area contributed by atoms with Crippen molar-refractivity contribution in [2.24, 2.45) is 5.73 Å². The molecule has 8 heteroatoms. The summed E-state index contributed by atoms with van der Waals surface area (Å²) >= 11 is 1.66. The number of benzene rings is 1. The third kappa shape index (κ3) is 7.34. The summed E-state index contributed by atoms with van der Waals surface area (Å²) < 4.78 is 2.01. The Labute approximate surface area is 175 Å². The number of amides is 1. The molecular formula is C19H24Cl2N4OS. The van der Waals surface area contributed by atoms with E-state index in [1.54, 1.807) is 17.7 Å². The van der Waals surface area contributed by atoms with Crippen LogP contribution in [0, 0.1) is 0 Å². The van der Waals surface area contributed by atoms with E-state index in [1.807, 2.05) is 34.3 Å². The number of halogens is 2. The molecule has 3 rings (SSSR count). The molecule has 3 N–H and O–H groups in total. The van der Waals surface area contributed by atoms with E-state index in [9.17, 15) is 4.79 Å². The lowest BCUT2D eigenvalue weighted by atomic mass is 10.1. The summed E-state index contributed by atoms with van der Waals surface area (Å²) in [6, 6.07) is 11.7. The Hall–Kier alpha value is -1.86. The molecule has 27 heavy (non-hydrogen) atoms. The first-order chi connectivity index (χ1) is 12.2. The summed E-state index contributed by atoms with van der Waals surface area (Å²) in [6.07, 6.45) is 4.99. The number of hydrogen-bond donors (Lipinski definition) is 2. The van der Waals surface area contributed by atoms with E-state index in [0.29, 0.717) is 13.0 Å². The van der Waals surface area contributed by atoms with Gasteiger partial charge in [-0.1, -0.05) is 30.3 Å². The summed E-state index contributed by atoms with van der Waals surface area (Å²) in [5, 5.41) is 7.02. The van der Waals surface area contributed by atoms with E-state index >= 15 is 0 Å². The van der Waals surface area contributed by atoms with Crippen LogP contribution in [0.5, 0.6) is 0 Å². The lowest BCUT2D eigenvalue weighted by molar-refractivity contribution is -0.122. The Morgan fingerprint density at radius 3 is 2.67 bits per heavy atom. The molecule has 0 bridgehead atoms. The lowest BCUT2D eigenvalue weighted by Gasteiger charge is -2.10. The van der Waals surface area contributed by atoms with E-state index in [-0.39, 0.29) is 30.7 Å². The zero-order chi connectivity index (χ0) is 17.5. The van der Waals surface area contributed by atoms with E-state index in [0.717, 1.165) is 18.7 Å². The maximum absolute atomic E-state index is 12.1. The van der Waals surface area contributed by atoms with Gasteiger partial charge in [-0.15, -0.1) is 24.8 Å². The van der Waals surface area contributed by atoms with Gasteiger partial charge in [-0.3, -0.25) is 4.79 Å². The maximum Gasteiger partial charge on any atom is 0.237 e. The Balaban J connectivity index is 0.00000182. The van der Waals surface area contributed by atoms with Gasteiger partial charge >= 0.3 is 0 Å². The number of carbonyl (C=O) groups excluding carboxylic acids is 1. The lowest BCUT2D eigenvalue weighted by Crippen LogP contribution is -2.42. The van der Waals surface area contributed by atoms with Crippen molar-refractivity contribution in [3.63, 3.8) is 0 Å². The molecule has 146 valence electrons. The van der Waals surface area contributed by atoms with Crippen LogP contribution in [0.3, 0.4) is 0 Å². The maximum atomic E-state index is 12.1. The zero-order valence-corrected chi connectivity index (χ0v) is 17.2. The normalized spacial score (nSPS) is 11.1. The highest BCUT2D eigenvalue weighted by atomic mass is 35.5. The first-order valence-electron chi connectivity index (χ1n) is 8.29. The fraction of sp³-hybridized carbons (Fsp3) is 0.263. The number of rotatable bonds is 8. The van der Waals surface area contributed by atoms with Gasteiger partial charge in [-0.05, 0) is 34.4 Å². The fourth-order valence-electron chi connectivity index (χ4n) is 2.61. The smallest absolute Gasteiger partial charge is 0.237 e. The van der Waals surface area contributed by atoms with Gasteiger partial charge in [-0.2, -0.15) is 11.3 Å². The molecule has 0 aliphatic rings. The van der Waals surface area contributed by atoms with Gasteiger partial charge < -0.3 is 15.6 Å². The van der Waals surface area contributed by atoms with Crippen LogP contribution in [-0.4, -0.2) is 28.0 Å². The number of imidazole rings is 1. The average molecular weight is 427 g/mol. The van der Waals surface area contributed by atoms with Gasteiger partial charge in [0.2, 0.25) is 5.91 Å². The second-order valence-corrected chi connectivity index (χ2v) is 6.79. The van der Waals surface area contributed by atoms with E-state index < -0.39 is 6.04 Å². The minimum atomic E-state index is -0.581. The topological polar surface area (TPSA) is 72.9 Å². The molecule has 5 nitrogen and oxygen atoms in total. The molecule has 0 aliphatic heterocycles. The SMILES string of the molecule is Cl.Cl.N[C@@H](Cc1cn(Cc2ccccc2)cn1)C(=O)NCCc1ccsc1. The molecule has 3 aromatic rings. The van der Waals surface area contributed by atoms with Crippen LogP contribution in [0.2, 0.25) is 0 Å². The summed E-state index contributed by atoms with van der Waals surface area (Å²) in [4.78, 5) is 16.5. The standard InChI is InChI=1S/C19H22N4OS.2ClH/c20-18(19(24)21-8-6-16-7-9-25-13-16)10-17-12-23(14-22-17)11-15-4-2-1-3-5-15;;/h1-5,7,9,12-14,18H,6,8,10-11,20H2,(H,21,24);2*1H/t18-;;/m0../s1. The van der Waals surface area contributed by atoms with Gasteiger partial charge in [0.05, 0.1) is 18.1 Å². The summed E-state index contributed by atoms with van der Waals surface area (Å²) in [6.45, 7) is 1.36. The van der Waals surface area contributed by atoms with Gasteiger partial charge in [0.15, 0.2) is 0 Å². The fourth-order valence-corrected chi connectivity index (χ4v) is 3.31.